The van der Waals surface area contributed by atoms with Crippen LogP contribution in [0.15, 0.2) is 36.5 Å². The Hall–Kier alpha value is -2.84. The zero-order valence-electron chi connectivity index (χ0n) is 13.8. The van der Waals surface area contributed by atoms with Gasteiger partial charge in [-0.15, -0.1) is 16.4 Å². The highest BCUT2D eigenvalue weighted by Crippen LogP contribution is 2.38. The SMILES string of the molecule is Oc1cccc(-c2nc(N3CCOCC3)c3sc4nnccc4c3n2)c1. The molecule has 1 saturated heterocycles. The van der Waals surface area contributed by atoms with E-state index in [2.05, 4.69) is 15.1 Å². The van der Waals surface area contributed by atoms with E-state index in [4.69, 9.17) is 14.7 Å². The van der Waals surface area contributed by atoms with Crippen LogP contribution in [0.3, 0.4) is 0 Å². The minimum atomic E-state index is 0.195. The van der Waals surface area contributed by atoms with Crippen molar-refractivity contribution in [2.24, 2.45) is 0 Å². The van der Waals surface area contributed by atoms with Crippen molar-refractivity contribution >= 4 is 37.6 Å². The summed E-state index contributed by atoms with van der Waals surface area (Å²) in [5.74, 6) is 1.67. The summed E-state index contributed by atoms with van der Waals surface area (Å²) in [5, 5.41) is 19.0. The average molecular weight is 365 g/mol. The molecule has 8 heteroatoms. The van der Waals surface area contributed by atoms with Crippen molar-refractivity contribution in [2.75, 3.05) is 31.2 Å². The first-order valence-electron chi connectivity index (χ1n) is 8.33. The van der Waals surface area contributed by atoms with E-state index in [1.54, 1.807) is 35.7 Å². The molecule has 130 valence electrons. The molecule has 0 atom stereocenters. The van der Waals surface area contributed by atoms with Crippen molar-refractivity contribution < 1.29 is 9.84 Å². The number of benzene rings is 1. The third kappa shape index (κ3) is 2.54. The molecule has 0 saturated carbocycles. The average Bonchev–Trinajstić information content (AvgIpc) is 3.06. The minimum absolute atomic E-state index is 0.195. The standard InChI is InChI=1S/C18H15N5O2S/c24-12-3-1-2-11(10-12)16-20-14-13-4-5-19-22-18(13)26-15(14)17(21-16)23-6-8-25-9-7-23/h1-5,10,24H,6-9H2. The van der Waals surface area contributed by atoms with Crippen LogP contribution in [0, 0.1) is 0 Å². The molecule has 0 radical (unpaired) electrons. The van der Waals surface area contributed by atoms with E-state index >= 15 is 0 Å². The molecular formula is C18H15N5O2S. The van der Waals surface area contributed by atoms with E-state index in [0.717, 1.165) is 44.9 Å². The second-order valence-corrected chi connectivity index (χ2v) is 7.05. The van der Waals surface area contributed by atoms with Gasteiger partial charge in [-0.1, -0.05) is 12.1 Å². The fourth-order valence-electron chi connectivity index (χ4n) is 3.15. The molecular weight excluding hydrogens is 350 g/mol. The first-order chi connectivity index (χ1) is 12.8. The van der Waals surface area contributed by atoms with Gasteiger partial charge in [0.1, 0.15) is 10.6 Å². The van der Waals surface area contributed by atoms with Crippen molar-refractivity contribution in [2.45, 2.75) is 0 Å². The van der Waals surface area contributed by atoms with Crippen LogP contribution in [0.25, 0.3) is 31.8 Å². The molecule has 4 aromatic rings. The number of rotatable bonds is 2. The summed E-state index contributed by atoms with van der Waals surface area (Å²) in [6.45, 7) is 2.92. The fraction of sp³-hybridized carbons (Fsp3) is 0.222. The normalized spacial score (nSPS) is 15.0. The largest absolute Gasteiger partial charge is 0.508 e. The van der Waals surface area contributed by atoms with Gasteiger partial charge in [0.2, 0.25) is 0 Å². The van der Waals surface area contributed by atoms with Crippen molar-refractivity contribution in [1.82, 2.24) is 20.2 Å². The number of phenolic OH excluding ortho intramolecular Hbond substituents is 1. The highest BCUT2D eigenvalue weighted by molar-refractivity contribution is 7.25. The Morgan fingerprint density at radius 3 is 2.85 bits per heavy atom. The summed E-state index contributed by atoms with van der Waals surface area (Å²) < 4.78 is 6.49. The molecule has 26 heavy (non-hydrogen) atoms. The lowest BCUT2D eigenvalue weighted by Crippen LogP contribution is -2.36. The number of nitrogens with zero attached hydrogens (tertiary/aromatic N) is 5. The molecule has 1 N–H and O–H groups in total. The molecule has 0 amide bonds. The van der Waals surface area contributed by atoms with Crippen molar-refractivity contribution in [1.29, 1.82) is 0 Å². The molecule has 1 aliphatic heterocycles. The minimum Gasteiger partial charge on any atom is -0.508 e. The van der Waals surface area contributed by atoms with Gasteiger partial charge in [0.15, 0.2) is 11.6 Å². The number of fused-ring (bicyclic) bond motifs is 3. The van der Waals surface area contributed by atoms with Crippen LogP contribution in [0.4, 0.5) is 5.82 Å². The van der Waals surface area contributed by atoms with Gasteiger partial charge in [-0.2, -0.15) is 5.10 Å². The number of hydrogen-bond acceptors (Lipinski definition) is 8. The number of aromatic nitrogens is 4. The highest BCUT2D eigenvalue weighted by Gasteiger charge is 2.21. The number of aromatic hydroxyl groups is 1. The smallest absolute Gasteiger partial charge is 0.162 e. The van der Waals surface area contributed by atoms with Crippen molar-refractivity contribution in [3.05, 3.63) is 36.5 Å². The molecule has 1 aromatic carbocycles. The molecule has 0 unspecified atom stereocenters. The van der Waals surface area contributed by atoms with E-state index in [1.807, 2.05) is 12.1 Å². The zero-order chi connectivity index (χ0) is 17.5. The summed E-state index contributed by atoms with van der Waals surface area (Å²) in [6.07, 6.45) is 1.68. The van der Waals surface area contributed by atoms with E-state index in [1.165, 1.54) is 0 Å². The van der Waals surface area contributed by atoms with Crippen LogP contribution in [-0.4, -0.2) is 51.6 Å². The number of anilines is 1. The Bertz CT molecular complexity index is 1110. The molecule has 0 aliphatic carbocycles. The first kappa shape index (κ1) is 15.4. The molecule has 1 aliphatic rings. The van der Waals surface area contributed by atoms with Crippen LogP contribution >= 0.6 is 11.3 Å². The molecule has 5 rings (SSSR count). The van der Waals surface area contributed by atoms with Gasteiger partial charge in [-0.3, -0.25) is 0 Å². The number of hydrogen-bond donors (Lipinski definition) is 1. The van der Waals surface area contributed by atoms with E-state index < -0.39 is 0 Å². The maximum atomic E-state index is 9.84. The third-order valence-electron chi connectivity index (χ3n) is 4.40. The highest BCUT2D eigenvalue weighted by atomic mass is 32.1. The lowest BCUT2D eigenvalue weighted by atomic mass is 10.2. The van der Waals surface area contributed by atoms with Gasteiger partial charge >= 0.3 is 0 Å². The van der Waals surface area contributed by atoms with Crippen molar-refractivity contribution in [3.63, 3.8) is 0 Å². The second-order valence-electron chi connectivity index (χ2n) is 6.05. The Balaban J connectivity index is 1.79. The van der Waals surface area contributed by atoms with Gasteiger partial charge in [-0.25, -0.2) is 9.97 Å². The summed E-state index contributed by atoms with van der Waals surface area (Å²) in [4.78, 5) is 12.7. The maximum Gasteiger partial charge on any atom is 0.162 e. The van der Waals surface area contributed by atoms with E-state index in [9.17, 15) is 5.11 Å². The Morgan fingerprint density at radius 1 is 1.12 bits per heavy atom. The lowest BCUT2D eigenvalue weighted by Gasteiger charge is -2.28. The van der Waals surface area contributed by atoms with Crippen LogP contribution in [0.1, 0.15) is 0 Å². The van der Waals surface area contributed by atoms with Gasteiger partial charge < -0.3 is 14.7 Å². The predicted molar refractivity (Wildman–Crippen MR) is 101 cm³/mol. The monoisotopic (exact) mass is 365 g/mol. The molecule has 0 spiro atoms. The van der Waals surface area contributed by atoms with Gasteiger partial charge in [0.25, 0.3) is 0 Å². The van der Waals surface area contributed by atoms with Crippen LogP contribution in [-0.2, 0) is 4.74 Å². The summed E-state index contributed by atoms with van der Waals surface area (Å²) in [5.41, 5.74) is 1.65. The number of morpholine rings is 1. The topological polar surface area (TPSA) is 84.3 Å². The summed E-state index contributed by atoms with van der Waals surface area (Å²) in [6, 6.07) is 8.95. The lowest BCUT2D eigenvalue weighted by molar-refractivity contribution is 0.122. The quantitative estimate of drug-likeness (QED) is 0.585. The molecule has 0 bridgehead atoms. The van der Waals surface area contributed by atoms with Gasteiger partial charge in [-0.05, 0) is 18.2 Å². The van der Waals surface area contributed by atoms with Crippen LogP contribution < -0.4 is 4.90 Å². The molecule has 3 aromatic heterocycles. The number of ether oxygens (including phenoxy) is 1. The zero-order valence-corrected chi connectivity index (χ0v) is 14.6. The first-order valence-corrected chi connectivity index (χ1v) is 9.15. The molecule has 7 nitrogen and oxygen atoms in total. The molecule has 4 heterocycles. The number of thiophene rings is 1. The summed E-state index contributed by atoms with van der Waals surface area (Å²) in [7, 11) is 0. The second kappa shape index (κ2) is 6.15. The van der Waals surface area contributed by atoms with Crippen molar-refractivity contribution in [3.8, 4) is 17.1 Å². The maximum absolute atomic E-state index is 9.84. The Kier molecular flexibility index (Phi) is 3.65. The van der Waals surface area contributed by atoms with Crippen LogP contribution in [0.5, 0.6) is 5.75 Å². The predicted octanol–water partition coefficient (Wildman–Crippen LogP) is 2.84. The van der Waals surface area contributed by atoms with E-state index in [0.29, 0.717) is 19.0 Å². The van der Waals surface area contributed by atoms with Gasteiger partial charge in [0, 0.05) is 24.0 Å². The summed E-state index contributed by atoms with van der Waals surface area (Å²) >= 11 is 1.56. The van der Waals surface area contributed by atoms with E-state index in [-0.39, 0.29) is 5.75 Å². The molecule has 1 fully saturated rings. The fourth-order valence-corrected chi connectivity index (χ4v) is 4.22. The van der Waals surface area contributed by atoms with Crippen LogP contribution in [0.2, 0.25) is 0 Å². The number of phenols is 1. The Labute approximate surface area is 152 Å². The van der Waals surface area contributed by atoms with Gasteiger partial charge in [0.05, 0.1) is 29.6 Å². The Morgan fingerprint density at radius 2 is 2.00 bits per heavy atom. The third-order valence-corrected chi connectivity index (χ3v) is 5.48.